The van der Waals surface area contributed by atoms with E-state index in [4.69, 9.17) is 4.74 Å². The standard InChI is InChI=1S/C17H15BrN2O4/c1-23-16(21)11-24-13-8-6-12(7-9-13)10-19-20-17(22)14-4-2-3-5-15(14)18/h2-10H,11H2,1H3,(H,20,22)/b19-10+. The van der Waals surface area contributed by atoms with Gasteiger partial charge < -0.3 is 9.47 Å². The highest BCUT2D eigenvalue weighted by Gasteiger charge is 2.07. The average molecular weight is 391 g/mol. The number of nitrogens with zero attached hydrogens (tertiary/aromatic N) is 1. The molecule has 0 aliphatic heterocycles. The fraction of sp³-hybridized carbons (Fsp3) is 0.118. The second-order valence-corrected chi connectivity index (χ2v) is 5.47. The highest BCUT2D eigenvalue weighted by molar-refractivity contribution is 9.10. The molecular formula is C17H15BrN2O4. The van der Waals surface area contributed by atoms with Gasteiger partial charge in [0.2, 0.25) is 0 Å². The number of ether oxygens (including phenoxy) is 2. The molecule has 0 aromatic heterocycles. The molecule has 2 rings (SSSR count). The molecule has 0 saturated heterocycles. The number of amides is 1. The average Bonchev–Trinajstić information content (AvgIpc) is 2.61. The number of nitrogens with one attached hydrogen (secondary N) is 1. The predicted molar refractivity (Wildman–Crippen MR) is 93.2 cm³/mol. The molecule has 0 heterocycles. The third-order valence-electron chi connectivity index (χ3n) is 2.96. The Labute approximate surface area is 147 Å². The van der Waals surface area contributed by atoms with Gasteiger partial charge in [-0.2, -0.15) is 5.10 Å². The van der Waals surface area contributed by atoms with Gasteiger partial charge >= 0.3 is 5.97 Å². The van der Waals surface area contributed by atoms with Crippen molar-refractivity contribution in [2.75, 3.05) is 13.7 Å². The van der Waals surface area contributed by atoms with Crippen LogP contribution in [0.2, 0.25) is 0 Å². The minimum Gasteiger partial charge on any atom is -0.482 e. The maximum Gasteiger partial charge on any atom is 0.343 e. The molecule has 124 valence electrons. The molecule has 0 fully saturated rings. The number of carbonyl (C=O) groups excluding carboxylic acids is 2. The fourth-order valence-electron chi connectivity index (χ4n) is 1.72. The second kappa shape index (κ2) is 8.83. The Kier molecular flexibility index (Phi) is 6.51. The number of hydrogen-bond acceptors (Lipinski definition) is 5. The minimum absolute atomic E-state index is 0.147. The molecule has 7 heteroatoms. The smallest absolute Gasteiger partial charge is 0.343 e. The summed E-state index contributed by atoms with van der Waals surface area (Å²) in [6.45, 7) is -0.147. The summed E-state index contributed by atoms with van der Waals surface area (Å²) in [5.74, 6) is -0.220. The lowest BCUT2D eigenvalue weighted by atomic mass is 10.2. The van der Waals surface area contributed by atoms with Crippen LogP contribution < -0.4 is 10.2 Å². The Bertz CT molecular complexity index is 745. The van der Waals surface area contributed by atoms with Gasteiger partial charge in [-0.1, -0.05) is 12.1 Å². The van der Waals surface area contributed by atoms with Crippen LogP contribution in [0.15, 0.2) is 58.1 Å². The summed E-state index contributed by atoms with van der Waals surface area (Å²) in [5.41, 5.74) is 3.73. The number of hydrazone groups is 1. The van der Waals surface area contributed by atoms with Crippen LogP contribution >= 0.6 is 15.9 Å². The van der Waals surface area contributed by atoms with E-state index in [1.54, 1.807) is 42.5 Å². The zero-order valence-electron chi connectivity index (χ0n) is 12.9. The molecule has 24 heavy (non-hydrogen) atoms. The van der Waals surface area contributed by atoms with Crippen molar-refractivity contribution in [3.63, 3.8) is 0 Å². The molecule has 0 radical (unpaired) electrons. The van der Waals surface area contributed by atoms with Crippen LogP contribution in [0.25, 0.3) is 0 Å². The number of rotatable bonds is 6. The third-order valence-corrected chi connectivity index (χ3v) is 3.65. The van der Waals surface area contributed by atoms with E-state index < -0.39 is 5.97 Å². The Morgan fingerprint density at radius 2 is 1.88 bits per heavy atom. The van der Waals surface area contributed by atoms with Crippen molar-refractivity contribution >= 4 is 34.0 Å². The normalized spacial score (nSPS) is 10.4. The van der Waals surface area contributed by atoms with E-state index >= 15 is 0 Å². The van der Waals surface area contributed by atoms with Gasteiger partial charge in [0.25, 0.3) is 5.91 Å². The van der Waals surface area contributed by atoms with Crippen LogP contribution in [0, 0.1) is 0 Å². The molecule has 6 nitrogen and oxygen atoms in total. The first kappa shape index (κ1) is 17.7. The van der Waals surface area contributed by atoms with E-state index in [-0.39, 0.29) is 12.5 Å². The number of hydrogen-bond donors (Lipinski definition) is 1. The van der Waals surface area contributed by atoms with Gasteiger partial charge in [-0.15, -0.1) is 0 Å². The zero-order chi connectivity index (χ0) is 17.4. The molecule has 1 amide bonds. The Balaban J connectivity index is 1.89. The first-order valence-electron chi connectivity index (χ1n) is 6.98. The van der Waals surface area contributed by atoms with Gasteiger partial charge in [-0.25, -0.2) is 10.2 Å². The van der Waals surface area contributed by atoms with Crippen molar-refractivity contribution in [1.29, 1.82) is 0 Å². The summed E-state index contributed by atoms with van der Waals surface area (Å²) in [6, 6.07) is 14.0. The van der Waals surface area contributed by atoms with Crippen molar-refractivity contribution in [2.45, 2.75) is 0 Å². The summed E-state index contributed by atoms with van der Waals surface area (Å²) >= 11 is 3.31. The summed E-state index contributed by atoms with van der Waals surface area (Å²) in [6.07, 6.45) is 1.51. The van der Waals surface area contributed by atoms with Crippen LogP contribution in [0.1, 0.15) is 15.9 Å². The maximum atomic E-state index is 12.0. The lowest BCUT2D eigenvalue weighted by molar-refractivity contribution is -0.142. The van der Waals surface area contributed by atoms with Crippen molar-refractivity contribution in [1.82, 2.24) is 5.43 Å². The summed E-state index contributed by atoms with van der Waals surface area (Å²) in [4.78, 5) is 23.0. The van der Waals surface area contributed by atoms with E-state index in [0.29, 0.717) is 15.8 Å². The largest absolute Gasteiger partial charge is 0.482 e. The van der Waals surface area contributed by atoms with Crippen molar-refractivity contribution in [2.24, 2.45) is 5.10 Å². The number of carbonyl (C=O) groups is 2. The SMILES string of the molecule is COC(=O)COc1ccc(/C=N/NC(=O)c2ccccc2Br)cc1. The van der Waals surface area contributed by atoms with Crippen LogP contribution in [0.4, 0.5) is 0 Å². The van der Waals surface area contributed by atoms with Crippen molar-refractivity contribution in [3.8, 4) is 5.75 Å². The molecular weight excluding hydrogens is 376 g/mol. The van der Waals surface area contributed by atoms with Gasteiger partial charge in [0.1, 0.15) is 5.75 Å². The van der Waals surface area contributed by atoms with Gasteiger partial charge in [0.05, 0.1) is 18.9 Å². The predicted octanol–water partition coefficient (Wildman–Crippen LogP) is 2.76. The number of halogens is 1. The van der Waals surface area contributed by atoms with Gasteiger partial charge in [0.15, 0.2) is 6.61 Å². The molecule has 0 aliphatic carbocycles. The monoisotopic (exact) mass is 390 g/mol. The molecule has 0 unspecified atom stereocenters. The number of esters is 1. The van der Waals surface area contributed by atoms with Crippen LogP contribution in [-0.4, -0.2) is 31.8 Å². The lowest BCUT2D eigenvalue weighted by Gasteiger charge is -2.04. The van der Waals surface area contributed by atoms with Gasteiger partial charge in [-0.3, -0.25) is 4.79 Å². The minimum atomic E-state index is -0.449. The molecule has 1 N–H and O–H groups in total. The fourth-order valence-corrected chi connectivity index (χ4v) is 2.19. The lowest BCUT2D eigenvalue weighted by Crippen LogP contribution is -2.18. The van der Waals surface area contributed by atoms with E-state index in [9.17, 15) is 9.59 Å². The molecule has 0 aliphatic rings. The summed E-state index contributed by atoms with van der Waals surface area (Å²) in [7, 11) is 1.30. The molecule has 2 aromatic rings. The highest BCUT2D eigenvalue weighted by atomic mass is 79.9. The van der Waals surface area contributed by atoms with Crippen LogP contribution in [-0.2, 0) is 9.53 Å². The van der Waals surface area contributed by atoms with Crippen molar-refractivity contribution < 1.29 is 19.1 Å². The number of benzene rings is 2. The molecule has 2 aromatic carbocycles. The highest BCUT2D eigenvalue weighted by Crippen LogP contribution is 2.15. The molecule has 0 atom stereocenters. The number of methoxy groups -OCH3 is 1. The van der Waals surface area contributed by atoms with Gasteiger partial charge in [-0.05, 0) is 57.9 Å². The Hall–Kier alpha value is -2.67. The van der Waals surface area contributed by atoms with Crippen LogP contribution in [0.5, 0.6) is 5.75 Å². The van der Waals surface area contributed by atoms with E-state index in [1.165, 1.54) is 13.3 Å². The van der Waals surface area contributed by atoms with E-state index in [1.807, 2.05) is 6.07 Å². The summed E-state index contributed by atoms with van der Waals surface area (Å²) < 4.78 is 10.4. The van der Waals surface area contributed by atoms with Crippen LogP contribution in [0.3, 0.4) is 0 Å². The van der Waals surface area contributed by atoms with Gasteiger partial charge in [0, 0.05) is 4.47 Å². The first-order chi connectivity index (χ1) is 11.6. The molecule has 0 bridgehead atoms. The summed E-state index contributed by atoms with van der Waals surface area (Å²) in [5, 5.41) is 3.92. The van der Waals surface area contributed by atoms with E-state index in [2.05, 4.69) is 31.2 Å². The van der Waals surface area contributed by atoms with Crippen molar-refractivity contribution in [3.05, 3.63) is 64.1 Å². The topological polar surface area (TPSA) is 77.0 Å². The van der Waals surface area contributed by atoms with E-state index in [0.717, 1.165) is 5.56 Å². The second-order valence-electron chi connectivity index (χ2n) is 4.61. The first-order valence-corrected chi connectivity index (χ1v) is 7.77. The Morgan fingerprint density at radius 1 is 1.17 bits per heavy atom. The zero-order valence-corrected chi connectivity index (χ0v) is 14.4. The molecule has 0 spiro atoms. The quantitative estimate of drug-likeness (QED) is 0.467. The Morgan fingerprint density at radius 3 is 2.54 bits per heavy atom. The third kappa shape index (κ3) is 5.20. The maximum absolute atomic E-state index is 12.0. The molecule has 0 saturated carbocycles.